The smallest absolute Gasteiger partial charge is 0.234 e. The third kappa shape index (κ3) is 5.51. The number of thiazole rings is 1. The summed E-state index contributed by atoms with van der Waals surface area (Å²) in [5.74, 6) is 1.23. The first kappa shape index (κ1) is 21.9. The van der Waals surface area contributed by atoms with Gasteiger partial charge in [-0.15, -0.1) is 21.5 Å². The van der Waals surface area contributed by atoms with E-state index in [0.717, 1.165) is 50.4 Å². The SMILES string of the molecule is O=C(CSc1nc2ccccc2s1)Nc1ccc(-c2ccc(N3CCCCCC3)nn2)cc1. The van der Waals surface area contributed by atoms with Crippen molar-refractivity contribution in [2.75, 3.05) is 29.1 Å². The highest BCUT2D eigenvalue weighted by molar-refractivity contribution is 8.01. The van der Waals surface area contributed by atoms with Crippen molar-refractivity contribution in [1.82, 2.24) is 15.2 Å². The summed E-state index contributed by atoms with van der Waals surface area (Å²) in [4.78, 5) is 19.3. The van der Waals surface area contributed by atoms with Crippen LogP contribution in [-0.2, 0) is 4.79 Å². The molecule has 6 nitrogen and oxygen atoms in total. The van der Waals surface area contributed by atoms with Gasteiger partial charge in [0.05, 0.1) is 21.7 Å². The highest BCUT2D eigenvalue weighted by Gasteiger charge is 2.12. The Morgan fingerprint density at radius 2 is 1.73 bits per heavy atom. The largest absolute Gasteiger partial charge is 0.355 e. The lowest BCUT2D eigenvalue weighted by atomic mass is 10.1. The second-order valence-corrected chi connectivity index (χ2v) is 10.3. The van der Waals surface area contributed by atoms with Crippen LogP contribution in [-0.4, -0.2) is 39.9 Å². The number of benzene rings is 2. The Balaban J connectivity index is 1.16. The lowest BCUT2D eigenvalue weighted by molar-refractivity contribution is -0.113. The fourth-order valence-electron chi connectivity index (χ4n) is 3.91. The minimum absolute atomic E-state index is 0.0476. The van der Waals surface area contributed by atoms with Gasteiger partial charge in [-0.05, 0) is 49.2 Å². The normalized spacial score (nSPS) is 14.2. The van der Waals surface area contributed by atoms with Gasteiger partial charge in [-0.3, -0.25) is 4.79 Å². The quantitative estimate of drug-likeness (QED) is 0.352. The van der Waals surface area contributed by atoms with Crippen LogP contribution in [0, 0.1) is 0 Å². The van der Waals surface area contributed by atoms with Crippen molar-refractivity contribution in [1.29, 1.82) is 0 Å². The molecule has 0 radical (unpaired) electrons. The highest BCUT2D eigenvalue weighted by Crippen LogP contribution is 2.29. The fourth-order valence-corrected chi connectivity index (χ4v) is 5.78. The van der Waals surface area contributed by atoms with E-state index in [0.29, 0.717) is 5.75 Å². The van der Waals surface area contributed by atoms with Crippen molar-refractivity contribution in [2.45, 2.75) is 30.0 Å². The number of hydrogen-bond acceptors (Lipinski definition) is 7. The van der Waals surface area contributed by atoms with Crippen LogP contribution >= 0.6 is 23.1 Å². The van der Waals surface area contributed by atoms with Gasteiger partial charge in [0.15, 0.2) is 10.2 Å². The standard InChI is InChI=1S/C25H25N5OS2/c31-24(17-32-25-27-21-7-3-4-8-22(21)33-25)26-19-11-9-18(10-12-19)20-13-14-23(29-28-20)30-15-5-1-2-6-16-30/h3-4,7-14H,1-2,5-6,15-17H2,(H,26,31). The average molecular weight is 476 g/mol. The number of rotatable bonds is 6. The number of carbonyl (C=O) groups is 1. The molecule has 5 rings (SSSR count). The lowest BCUT2D eigenvalue weighted by Gasteiger charge is -2.20. The third-order valence-electron chi connectivity index (χ3n) is 5.65. The molecule has 1 fully saturated rings. The van der Waals surface area contributed by atoms with Crippen LogP contribution in [0.5, 0.6) is 0 Å². The van der Waals surface area contributed by atoms with Crippen molar-refractivity contribution in [3.63, 3.8) is 0 Å². The number of carbonyl (C=O) groups excluding carboxylic acids is 1. The van der Waals surface area contributed by atoms with Gasteiger partial charge >= 0.3 is 0 Å². The summed E-state index contributed by atoms with van der Waals surface area (Å²) < 4.78 is 2.04. The topological polar surface area (TPSA) is 71.0 Å². The van der Waals surface area contributed by atoms with Crippen molar-refractivity contribution in [3.05, 3.63) is 60.7 Å². The van der Waals surface area contributed by atoms with E-state index in [1.807, 2.05) is 54.6 Å². The zero-order valence-electron chi connectivity index (χ0n) is 18.2. The molecule has 1 amide bonds. The molecular weight excluding hydrogens is 450 g/mol. The van der Waals surface area contributed by atoms with E-state index in [-0.39, 0.29) is 5.91 Å². The van der Waals surface area contributed by atoms with Crippen molar-refractivity contribution in [2.24, 2.45) is 0 Å². The predicted octanol–water partition coefficient (Wildman–Crippen LogP) is 5.86. The van der Waals surface area contributed by atoms with Gasteiger partial charge in [0.1, 0.15) is 0 Å². The van der Waals surface area contributed by atoms with E-state index in [9.17, 15) is 4.79 Å². The summed E-state index contributed by atoms with van der Waals surface area (Å²) in [7, 11) is 0. The molecule has 2 aromatic heterocycles. The summed E-state index contributed by atoms with van der Waals surface area (Å²) in [6.07, 6.45) is 5.03. The number of hydrogen-bond donors (Lipinski definition) is 1. The Morgan fingerprint density at radius 3 is 2.45 bits per heavy atom. The molecule has 0 unspecified atom stereocenters. The molecule has 1 aliphatic heterocycles. The van der Waals surface area contributed by atoms with Crippen LogP contribution in [0.1, 0.15) is 25.7 Å². The van der Waals surface area contributed by atoms with E-state index >= 15 is 0 Å². The van der Waals surface area contributed by atoms with Crippen LogP contribution in [0.4, 0.5) is 11.5 Å². The number of fused-ring (bicyclic) bond motifs is 1. The van der Waals surface area contributed by atoms with Crippen LogP contribution in [0.3, 0.4) is 0 Å². The molecule has 1 aliphatic rings. The van der Waals surface area contributed by atoms with Crippen molar-refractivity contribution in [3.8, 4) is 11.3 Å². The van der Waals surface area contributed by atoms with Crippen molar-refractivity contribution < 1.29 is 4.79 Å². The number of aromatic nitrogens is 3. The van der Waals surface area contributed by atoms with Gasteiger partial charge in [0, 0.05) is 24.3 Å². The number of anilines is 2. The molecule has 0 atom stereocenters. The fraction of sp³-hybridized carbons (Fsp3) is 0.280. The maximum atomic E-state index is 12.4. The minimum atomic E-state index is -0.0476. The first-order valence-corrected chi connectivity index (χ1v) is 13.0. The van der Waals surface area contributed by atoms with Gasteiger partial charge in [-0.25, -0.2) is 4.98 Å². The first-order valence-electron chi connectivity index (χ1n) is 11.2. The second-order valence-electron chi connectivity index (χ2n) is 8.04. The Kier molecular flexibility index (Phi) is 6.83. The number of nitrogens with one attached hydrogen (secondary N) is 1. The van der Waals surface area contributed by atoms with Crippen LogP contribution in [0.2, 0.25) is 0 Å². The number of nitrogens with zero attached hydrogens (tertiary/aromatic N) is 4. The molecule has 33 heavy (non-hydrogen) atoms. The molecule has 0 bridgehead atoms. The third-order valence-corrected chi connectivity index (χ3v) is 7.83. The molecule has 8 heteroatoms. The maximum absolute atomic E-state index is 12.4. The zero-order valence-corrected chi connectivity index (χ0v) is 19.9. The van der Waals surface area contributed by atoms with E-state index in [2.05, 4.69) is 31.5 Å². The number of amides is 1. The Labute approximate surface area is 201 Å². The summed E-state index contributed by atoms with van der Waals surface area (Å²) in [5, 5.41) is 11.9. The molecule has 0 aliphatic carbocycles. The molecule has 4 aromatic rings. The van der Waals surface area contributed by atoms with Gasteiger partial charge in [-0.2, -0.15) is 0 Å². The van der Waals surface area contributed by atoms with E-state index in [1.165, 1.54) is 37.4 Å². The molecule has 0 spiro atoms. The average Bonchev–Trinajstić information content (AvgIpc) is 3.07. The van der Waals surface area contributed by atoms with E-state index in [4.69, 9.17) is 0 Å². The molecular formula is C25H25N5OS2. The maximum Gasteiger partial charge on any atom is 0.234 e. The van der Waals surface area contributed by atoms with Gasteiger partial charge < -0.3 is 10.2 Å². The lowest BCUT2D eigenvalue weighted by Crippen LogP contribution is -2.25. The number of thioether (sulfide) groups is 1. The Morgan fingerprint density at radius 1 is 0.939 bits per heavy atom. The van der Waals surface area contributed by atoms with Gasteiger partial charge in [0.2, 0.25) is 5.91 Å². The Hall–Kier alpha value is -2.97. The van der Waals surface area contributed by atoms with Crippen LogP contribution in [0.25, 0.3) is 21.5 Å². The van der Waals surface area contributed by atoms with Gasteiger partial charge in [-0.1, -0.05) is 48.9 Å². The molecule has 1 N–H and O–H groups in total. The second kappa shape index (κ2) is 10.3. The summed E-state index contributed by atoms with van der Waals surface area (Å²) >= 11 is 3.07. The van der Waals surface area contributed by atoms with E-state index < -0.39 is 0 Å². The predicted molar refractivity (Wildman–Crippen MR) is 137 cm³/mol. The van der Waals surface area contributed by atoms with Crippen molar-refractivity contribution >= 4 is 50.7 Å². The molecule has 0 saturated carbocycles. The first-order chi connectivity index (χ1) is 16.2. The van der Waals surface area contributed by atoms with Gasteiger partial charge in [0.25, 0.3) is 0 Å². The molecule has 3 heterocycles. The molecule has 2 aromatic carbocycles. The molecule has 168 valence electrons. The summed E-state index contributed by atoms with van der Waals surface area (Å²) in [6.45, 7) is 2.11. The number of para-hydroxylation sites is 1. The summed E-state index contributed by atoms with van der Waals surface area (Å²) in [6, 6.07) is 19.8. The highest BCUT2D eigenvalue weighted by atomic mass is 32.2. The minimum Gasteiger partial charge on any atom is -0.355 e. The van der Waals surface area contributed by atoms with E-state index in [1.54, 1.807) is 11.3 Å². The zero-order chi connectivity index (χ0) is 22.5. The monoisotopic (exact) mass is 475 g/mol. The van der Waals surface area contributed by atoms with Crippen LogP contribution < -0.4 is 10.2 Å². The van der Waals surface area contributed by atoms with Crippen LogP contribution in [0.15, 0.2) is 65.0 Å². The summed E-state index contributed by atoms with van der Waals surface area (Å²) in [5.41, 5.74) is 3.55. The molecule has 1 saturated heterocycles. The Bertz CT molecular complexity index is 1180.